The van der Waals surface area contributed by atoms with Crippen molar-refractivity contribution in [1.82, 2.24) is 10.3 Å². The number of hydrogen-bond acceptors (Lipinski definition) is 3. The Balaban J connectivity index is 1.97. The van der Waals surface area contributed by atoms with E-state index < -0.39 is 0 Å². The quantitative estimate of drug-likeness (QED) is 0.798. The number of benzene rings is 1. The van der Waals surface area contributed by atoms with E-state index >= 15 is 0 Å². The molecule has 2 rings (SSSR count). The third-order valence-electron chi connectivity index (χ3n) is 3.92. The molecule has 0 aliphatic carbocycles. The molecule has 0 aliphatic heterocycles. The third kappa shape index (κ3) is 4.76. The lowest BCUT2D eigenvalue weighted by Gasteiger charge is -2.13. The number of ether oxygens (including phenoxy) is 1. The van der Waals surface area contributed by atoms with Gasteiger partial charge in [-0.2, -0.15) is 0 Å². The fraction of sp³-hybridized carbons (Fsp3) is 0.474. The van der Waals surface area contributed by atoms with Gasteiger partial charge in [-0.25, -0.2) is 0 Å². The highest BCUT2D eigenvalue weighted by atomic mass is 16.5. The first kappa shape index (κ1) is 17.4. The van der Waals surface area contributed by atoms with Crippen molar-refractivity contribution >= 4 is 16.8 Å². The van der Waals surface area contributed by atoms with E-state index in [1.165, 1.54) is 0 Å². The van der Waals surface area contributed by atoms with Crippen LogP contribution in [0.5, 0.6) is 0 Å². The minimum absolute atomic E-state index is 0.0397. The van der Waals surface area contributed by atoms with Gasteiger partial charge < -0.3 is 10.1 Å². The first-order valence-corrected chi connectivity index (χ1v) is 8.22. The predicted octanol–water partition coefficient (Wildman–Crippen LogP) is 3.33. The zero-order valence-electron chi connectivity index (χ0n) is 14.5. The first-order valence-electron chi connectivity index (χ1n) is 8.22. The molecule has 0 radical (unpaired) electrons. The largest absolute Gasteiger partial charge is 0.379 e. The number of aryl methyl sites for hydroxylation is 2. The molecule has 1 aromatic carbocycles. The summed E-state index contributed by atoms with van der Waals surface area (Å²) in [6.45, 7) is 9.38. The average molecular weight is 314 g/mol. The number of nitrogens with one attached hydrogen (secondary N) is 1. The second-order valence-electron chi connectivity index (χ2n) is 6.12. The molecule has 0 fully saturated rings. The SMILES string of the molecule is Cc1nc2ccccc2c(C)c1CC(=O)NCCCOC(C)C. The van der Waals surface area contributed by atoms with E-state index in [9.17, 15) is 4.79 Å². The van der Waals surface area contributed by atoms with E-state index in [0.29, 0.717) is 19.6 Å². The maximum Gasteiger partial charge on any atom is 0.224 e. The van der Waals surface area contributed by atoms with Gasteiger partial charge in [0.05, 0.1) is 18.0 Å². The monoisotopic (exact) mass is 314 g/mol. The van der Waals surface area contributed by atoms with Crippen molar-refractivity contribution in [2.75, 3.05) is 13.2 Å². The van der Waals surface area contributed by atoms with Crippen LogP contribution in [-0.2, 0) is 16.0 Å². The summed E-state index contributed by atoms with van der Waals surface area (Å²) < 4.78 is 5.47. The van der Waals surface area contributed by atoms with E-state index in [0.717, 1.165) is 34.1 Å². The Morgan fingerprint density at radius 2 is 2.00 bits per heavy atom. The maximum atomic E-state index is 12.2. The fourth-order valence-corrected chi connectivity index (χ4v) is 2.67. The van der Waals surface area contributed by atoms with Gasteiger partial charge in [-0.3, -0.25) is 9.78 Å². The Hall–Kier alpha value is -1.94. The number of carbonyl (C=O) groups is 1. The molecule has 0 spiro atoms. The molecule has 0 bridgehead atoms. The highest BCUT2D eigenvalue weighted by Gasteiger charge is 2.12. The van der Waals surface area contributed by atoms with Gasteiger partial charge in [0.1, 0.15) is 0 Å². The predicted molar refractivity (Wildman–Crippen MR) is 93.6 cm³/mol. The van der Waals surface area contributed by atoms with Gasteiger partial charge in [-0.05, 0) is 51.3 Å². The molecule has 0 unspecified atom stereocenters. The Labute approximate surface area is 138 Å². The summed E-state index contributed by atoms with van der Waals surface area (Å²) in [5.74, 6) is 0.0397. The van der Waals surface area contributed by atoms with Crippen molar-refractivity contribution in [3.63, 3.8) is 0 Å². The Morgan fingerprint density at radius 3 is 2.74 bits per heavy atom. The molecule has 4 heteroatoms. The minimum Gasteiger partial charge on any atom is -0.379 e. The van der Waals surface area contributed by atoms with Crippen molar-refractivity contribution in [2.24, 2.45) is 0 Å². The van der Waals surface area contributed by atoms with E-state index in [2.05, 4.69) is 23.3 Å². The lowest BCUT2D eigenvalue weighted by atomic mass is 9.99. The second kappa shape index (κ2) is 8.06. The molecule has 0 atom stereocenters. The molecule has 23 heavy (non-hydrogen) atoms. The number of carbonyl (C=O) groups excluding carboxylic acids is 1. The number of amides is 1. The number of fused-ring (bicyclic) bond motifs is 1. The summed E-state index contributed by atoms with van der Waals surface area (Å²) in [7, 11) is 0. The Morgan fingerprint density at radius 1 is 1.26 bits per heavy atom. The second-order valence-corrected chi connectivity index (χ2v) is 6.12. The van der Waals surface area contributed by atoms with E-state index in [1.807, 2.05) is 39.0 Å². The van der Waals surface area contributed by atoms with Crippen molar-refractivity contribution in [3.05, 3.63) is 41.1 Å². The van der Waals surface area contributed by atoms with Crippen LogP contribution < -0.4 is 5.32 Å². The average Bonchev–Trinajstić information content (AvgIpc) is 2.51. The standard InChI is InChI=1S/C19H26N2O2/c1-13(2)23-11-7-10-20-19(22)12-17-14(3)16-8-5-6-9-18(16)21-15(17)4/h5-6,8-9,13H,7,10-12H2,1-4H3,(H,20,22). The van der Waals surface area contributed by atoms with Crippen LogP contribution in [0, 0.1) is 13.8 Å². The van der Waals surface area contributed by atoms with Gasteiger partial charge in [0.15, 0.2) is 0 Å². The topological polar surface area (TPSA) is 51.2 Å². The number of pyridine rings is 1. The molecule has 0 aliphatic rings. The summed E-state index contributed by atoms with van der Waals surface area (Å²) in [6, 6.07) is 8.06. The molecule has 1 amide bonds. The highest BCUT2D eigenvalue weighted by molar-refractivity contribution is 5.86. The summed E-state index contributed by atoms with van der Waals surface area (Å²) >= 11 is 0. The zero-order valence-corrected chi connectivity index (χ0v) is 14.5. The molecule has 1 aromatic heterocycles. The van der Waals surface area contributed by atoms with Gasteiger partial charge in [0, 0.05) is 24.2 Å². The highest BCUT2D eigenvalue weighted by Crippen LogP contribution is 2.22. The van der Waals surface area contributed by atoms with Crippen molar-refractivity contribution < 1.29 is 9.53 Å². The Kier molecular flexibility index (Phi) is 6.11. The molecule has 2 aromatic rings. The third-order valence-corrected chi connectivity index (χ3v) is 3.92. The number of hydrogen-bond donors (Lipinski definition) is 1. The van der Waals surface area contributed by atoms with Gasteiger partial charge in [-0.1, -0.05) is 18.2 Å². The van der Waals surface area contributed by atoms with E-state index in [4.69, 9.17) is 4.74 Å². The zero-order chi connectivity index (χ0) is 16.8. The normalized spacial score (nSPS) is 11.2. The van der Waals surface area contributed by atoms with Crippen LogP contribution in [0.1, 0.15) is 37.1 Å². The summed E-state index contributed by atoms with van der Waals surface area (Å²) in [4.78, 5) is 16.8. The summed E-state index contributed by atoms with van der Waals surface area (Å²) in [5.41, 5.74) is 4.09. The van der Waals surface area contributed by atoms with Crippen molar-refractivity contribution in [3.8, 4) is 0 Å². The molecule has 1 N–H and O–H groups in total. The van der Waals surface area contributed by atoms with E-state index in [1.54, 1.807) is 0 Å². The lowest BCUT2D eigenvalue weighted by molar-refractivity contribution is -0.120. The van der Waals surface area contributed by atoms with Gasteiger partial charge >= 0.3 is 0 Å². The van der Waals surface area contributed by atoms with Crippen LogP contribution >= 0.6 is 0 Å². The Bertz CT molecular complexity index is 680. The molecule has 4 nitrogen and oxygen atoms in total. The minimum atomic E-state index is 0.0397. The maximum absolute atomic E-state index is 12.2. The molecular formula is C19H26N2O2. The van der Waals surface area contributed by atoms with Gasteiger partial charge in [0.25, 0.3) is 0 Å². The van der Waals surface area contributed by atoms with Gasteiger partial charge in [-0.15, -0.1) is 0 Å². The molecular weight excluding hydrogens is 288 g/mol. The summed E-state index contributed by atoms with van der Waals surface area (Å²) in [5, 5.41) is 4.08. The van der Waals surface area contributed by atoms with E-state index in [-0.39, 0.29) is 12.0 Å². The van der Waals surface area contributed by atoms with Crippen LogP contribution in [0.4, 0.5) is 0 Å². The molecule has 0 saturated carbocycles. The number of para-hydroxylation sites is 1. The fourth-order valence-electron chi connectivity index (χ4n) is 2.67. The number of aromatic nitrogens is 1. The molecule has 1 heterocycles. The van der Waals surface area contributed by atoms with Crippen LogP contribution in [-0.4, -0.2) is 30.1 Å². The van der Waals surface area contributed by atoms with Gasteiger partial charge in [0.2, 0.25) is 5.91 Å². The van der Waals surface area contributed by atoms with Crippen LogP contribution in [0.15, 0.2) is 24.3 Å². The van der Waals surface area contributed by atoms with Crippen LogP contribution in [0.25, 0.3) is 10.9 Å². The molecule has 0 saturated heterocycles. The van der Waals surface area contributed by atoms with Crippen molar-refractivity contribution in [1.29, 1.82) is 0 Å². The lowest BCUT2D eigenvalue weighted by Crippen LogP contribution is -2.27. The van der Waals surface area contributed by atoms with Crippen molar-refractivity contribution in [2.45, 2.75) is 46.6 Å². The molecule has 124 valence electrons. The first-order chi connectivity index (χ1) is 11.0. The summed E-state index contributed by atoms with van der Waals surface area (Å²) in [6.07, 6.45) is 1.44. The smallest absolute Gasteiger partial charge is 0.224 e. The van der Waals surface area contributed by atoms with Crippen LogP contribution in [0.2, 0.25) is 0 Å². The van der Waals surface area contributed by atoms with Crippen LogP contribution in [0.3, 0.4) is 0 Å². The number of nitrogens with zero attached hydrogens (tertiary/aromatic N) is 1. The number of rotatable bonds is 7.